The van der Waals surface area contributed by atoms with Crippen LogP contribution < -0.4 is 16.6 Å². The van der Waals surface area contributed by atoms with Gasteiger partial charge >= 0.3 is 37.9 Å². The molecule has 20 nitrogen and oxygen atoms in total. The molecule has 0 radical (unpaired) electrons. The Morgan fingerprint density at radius 2 is 1.50 bits per heavy atom. The highest BCUT2D eigenvalue weighted by atomic mass is 31.2. The summed E-state index contributed by atoms with van der Waals surface area (Å²) in [7, 11) is -5.03. The van der Waals surface area contributed by atoms with Crippen LogP contribution in [-0.4, -0.2) is 90.7 Å². The Morgan fingerprint density at radius 3 is 2.02 bits per heavy atom. The maximum absolute atomic E-state index is 15.5. The number of phosphoric ester groups is 1. The van der Waals surface area contributed by atoms with Gasteiger partial charge in [-0.15, -0.1) is 0 Å². The van der Waals surface area contributed by atoms with Crippen LogP contribution in [0.2, 0.25) is 0 Å². The molecule has 22 heteroatoms. The van der Waals surface area contributed by atoms with Crippen molar-refractivity contribution in [1.29, 1.82) is 0 Å². The molecule has 312 valence electrons. The van der Waals surface area contributed by atoms with Gasteiger partial charge in [0, 0.05) is 18.2 Å². The zero-order valence-electron chi connectivity index (χ0n) is 31.8. The maximum atomic E-state index is 15.5. The second kappa shape index (κ2) is 20.9. The summed E-state index contributed by atoms with van der Waals surface area (Å²) in [6.45, 7) is 5.77. The average molecular weight is 820 g/mol. The van der Waals surface area contributed by atoms with Crippen LogP contribution in [-0.2, 0) is 62.7 Å². The first kappa shape index (κ1) is 45.6. The Bertz CT molecular complexity index is 1760. The fourth-order valence-corrected chi connectivity index (χ4v) is 6.04. The number of aromatic nitrogens is 2. The van der Waals surface area contributed by atoms with Gasteiger partial charge in [0.2, 0.25) is 13.6 Å². The molecule has 0 bridgehead atoms. The van der Waals surface area contributed by atoms with Gasteiger partial charge in [-0.05, 0) is 39.2 Å². The molecular weight excluding hydrogens is 772 g/mol. The number of halogens is 1. The van der Waals surface area contributed by atoms with E-state index in [-0.39, 0.29) is 6.61 Å². The summed E-state index contributed by atoms with van der Waals surface area (Å²) >= 11 is 0. The van der Waals surface area contributed by atoms with E-state index in [9.17, 15) is 33.3 Å². The van der Waals surface area contributed by atoms with Gasteiger partial charge in [-0.25, -0.2) is 42.0 Å². The molecule has 1 fully saturated rings. The molecule has 2 N–H and O–H groups in total. The molecule has 56 heavy (non-hydrogen) atoms. The Morgan fingerprint density at radius 1 is 0.911 bits per heavy atom. The number of carbonyl (C=O) groups is 4. The maximum Gasteiger partial charge on any atom is 0.510 e. The third-order valence-corrected chi connectivity index (χ3v) is 9.00. The van der Waals surface area contributed by atoms with Crippen LogP contribution in [0.4, 0.5) is 18.8 Å². The van der Waals surface area contributed by atoms with Crippen molar-refractivity contribution in [2.45, 2.75) is 91.3 Å². The van der Waals surface area contributed by atoms with Gasteiger partial charge in [0.05, 0.1) is 18.8 Å². The number of hydrogen-bond acceptors (Lipinski definition) is 17. The molecule has 1 aromatic heterocycles. The minimum absolute atomic E-state index is 0.115. The van der Waals surface area contributed by atoms with Gasteiger partial charge < -0.3 is 38.5 Å². The smallest absolute Gasteiger partial charge is 0.457 e. The predicted molar refractivity (Wildman–Crippen MR) is 188 cm³/mol. The molecule has 5 atom stereocenters. The number of nitrogens with zero attached hydrogens (tertiary/aromatic N) is 1. The average Bonchev–Trinajstić information content (AvgIpc) is 3.39. The minimum Gasteiger partial charge on any atom is -0.457 e. The minimum atomic E-state index is -5.03. The van der Waals surface area contributed by atoms with E-state index in [0.29, 0.717) is 5.56 Å². The number of ether oxygens (including phenoxy) is 7. The number of alkyl carbamates (subject to hydrolysis) is 1. The normalized spacial score (nSPS) is 20.0. The molecule has 1 unspecified atom stereocenters. The van der Waals surface area contributed by atoms with Crippen molar-refractivity contribution >= 4 is 32.2 Å². The monoisotopic (exact) mass is 819 g/mol. The summed E-state index contributed by atoms with van der Waals surface area (Å²) < 4.78 is 81.9. The van der Waals surface area contributed by atoms with Gasteiger partial charge in [-0.3, -0.25) is 18.9 Å². The number of alkyl halides is 1. The summed E-state index contributed by atoms with van der Waals surface area (Å²) in [5.74, 6) is -2.79. The van der Waals surface area contributed by atoms with E-state index in [1.165, 1.54) is 34.6 Å². The Kier molecular flexibility index (Phi) is 17.0. The van der Waals surface area contributed by atoms with E-state index < -0.39 is 118 Å². The molecule has 1 aliphatic heterocycles. The van der Waals surface area contributed by atoms with Crippen LogP contribution in [0, 0.1) is 11.8 Å². The number of phosphoric acid groups is 1. The van der Waals surface area contributed by atoms with Gasteiger partial charge in [-0.2, -0.15) is 0 Å². The van der Waals surface area contributed by atoms with Crippen LogP contribution >= 0.6 is 7.82 Å². The molecule has 0 saturated carbocycles. The summed E-state index contributed by atoms with van der Waals surface area (Å²) in [6, 6.07) is 8.36. The van der Waals surface area contributed by atoms with Crippen LogP contribution in [0.1, 0.15) is 60.3 Å². The highest BCUT2D eigenvalue weighted by molar-refractivity contribution is 7.48. The first-order valence-electron chi connectivity index (χ1n) is 17.3. The number of hydrogen-bond donors (Lipinski definition) is 2. The summed E-state index contributed by atoms with van der Waals surface area (Å²) in [6.07, 6.45) is -6.66. The summed E-state index contributed by atoms with van der Waals surface area (Å²) in [4.78, 5) is 77.0. The lowest BCUT2D eigenvalue weighted by Crippen LogP contribution is -2.53. The molecular formula is C34H47FN3O17P. The van der Waals surface area contributed by atoms with E-state index in [1.807, 2.05) is 4.98 Å². The van der Waals surface area contributed by atoms with E-state index in [2.05, 4.69) is 5.32 Å². The van der Waals surface area contributed by atoms with Crippen molar-refractivity contribution < 1.29 is 74.9 Å². The fraction of sp³-hybridized carbons (Fsp3) is 0.588. The zero-order valence-corrected chi connectivity index (χ0v) is 32.7. The number of aromatic amines is 1. The molecule has 0 spiro atoms. The molecule has 1 amide bonds. The number of esters is 1. The van der Waals surface area contributed by atoms with Crippen molar-refractivity contribution in [1.82, 2.24) is 14.9 Å². The molecule has 1 saturated heterocycles. The van der Waals surface area contributed by atoms with Crippen molar-refractivity contribution in [2.75, 3.05) is 26.9 Å². The van der Waals surface area contributed by atoms with E-state index in [4.69, 9.17) is 46.7 Å². The standard InChI is InChI=1S/C34H47FN3O17P/c1-20(2)26(37-31(42)46-15-24-11-9-8-10-12-24)29(40)54-27-23(7)28(38-14-13-25(39)36-30(38)41)55-34(27,16-35)17-49-56(45,50-18-47-32(43)52-21(3)4)51-19-48-33(44)53-22(5)6/h8-14,20-23,26-28H,15-19H2,1-7H3,(H,37,42)(H,36,39,41)/t23-,26?,27-,28+,34+/m0/s1. The lowest BCUT2D eigenvalue weighted by atomic mass is 9.91. The lowest BCUT2D eigenvalue weighted by molar-refractivity contribution is -0.174. The third-order valence-electron chi connectivity index (χ3n) is 7.71. The predicted octanol–water partition coefficient (Wildman–Crippen LogP) is 4.47. The fourth-order valence-electron chi connectivity index (χ4n) is 5.08. The Hall–Kier alpha value is -4.82. The largest absolute Gasteiger partial charge is 0.510 e. The Balaban J connectivity index is 1.91. The first-order chi connectivity index (χ1) is 26.4. The SMILES string of the molecule is CC(C)OC(=O)OCOP(=O)(OCOC(=O)OC(C)C)OC[C@@]1(CF)O[C@@H](n2ccc(=O)[nH]c2=O)[C@@H](C)[C@@H]1OC(=O)C(NC(=O)OCc1ccccc1)C(C)C. The zero-order chi connectivity index (χ0) is 41.6. The van der Waals surface area contributed by atoms with Crippen molar-refractivity contribution in [3.8, 4) is 0 Å². The van der Waals surface area contributed by atoms with E-state index >= 15 is 4.39 Å². The summed E-state index contributed by atoms with van der Waals surface area (Å²) in [5.41, 5.74) is -3.44. The molecule has 2 aromatic rings. The second-order valence-electron chi connectivity index (χ2n) is 13.2. The molecule has 1 aromatic carbocycles. The third kappa shape index (κ3) is 13.4. The summed E-state index contributed by atoms with van der Waals surface area (Å²) in [5, 5.41) is 2.44. The van der Waals surface area contributed by atoms with Crippen molar-refractivity contribution in [3.05, 3.63) is 69.0 Å². The van der Waals surface area contributed by atoms with Gasteiger partial charge in [0.15, 0.2) is 5.60 Å². The van der Waals surface area contributed by atoms with Crippen molar-refractivity contribution in [3.63, 3.8) is 0 Å². The first-order valence-corrected chi connectivity index (χ1v) is 18.8. The van der Waals surface area contributed by atoms with Gasteiger partial charge in [0.25, 0.3) is 5.56 Å². The number of carbonyl (C=O) groups excluding carboxylic acids is 4. The second-order valence-corrected chi connectivity index (χ2v) is 14.9. The van der Waals surface area contributed by atoms with E-state index in [0.717, 1.165) is 16.8 Å². The van der Waals surface area contributed by atoms with Crippen LogP contribution in [0.15, 0.2) is 52.2 Å². The quantitative estimate of drug-likeness (QED) is 0.0859. The number of amides is 1. The lowest BCUT2D eigenvalue weighted by Gasteiger charge is -2.33. The van der Waals surface area contributed by atoms with Gasteiger partial charge in [-0.1, -0.05) is 51.1 Å². The molecule has 2 heterocycles. The van der Waals surface area contributed by atoms with Crippen molar-refractivity contribution in [2.24, 2.45) is 11.8 Å². The molecule has 1 aliphatic rings. The highest BCUT2D eigenvalue weighted by Crippen LogP contribution is 2.52. The molecule has 3 rings (SSSR count). The van der Waals surface area contributed by atoms with Crippen LogP contribution in [0.5, 0.6) is 0 Å². The number of benzene rings is 1. The number of rotatable bonds is 19. The molecule has 0 aliphatic carbocycles. The van der Waals surface area contributed by atoms with Gasteiger partial charge in [0.1, 0.15) is 31.7 Å². The Labute approximate surface area is 320 Å². The topological polar surface area (TPSA) is 245 Å². The number of H-pyrrole nitrogens is 1. The van der Waals surface area contributed by atoms with E-state index in [1.54, 1.807) is 44.2 Å². The highest BCUT2D eigenvalue weighted by Gasteiger charge is 2.58. The number of nitrogens with one attached hydrogen (secondary N) is 2. The van der Waals surface area contributed by atoms with Crippen LogP contribution in [0.3, 0.4) is 0 Å². The van der Waals surface area contributed by atoms with Crippen LogP contribution in [0.25, 0.3) is 0 Å².